The van der Waals surface area contributed by atoms with E-state index in [1.807, 2.05) is 11.0 Å². The van der Waals surface area contributed by atoms with Crippen molar-refractivity contribution < 1.29 is 9.32 Å². The van der Waals surface area contributed by atoms with Gasteiger partial charge in [0, 0.05) is 38.2 Å². The summed E-state index contributed by atoms with van der Waals surface area (Å²) < 4.78 is 5.45. The summed E-state index contributed by atoms with van der Waals surface area (Å²) in [7, 11) is 0. The number of likely N-dealkylation sites (tertiary alicyclic amines) is 2. The Hall–Kier alpha value is -2.14. The van der Waals surface area contributed by atoms with Gasteiger partial charge in [0.1, 0.15) is 0 Å². The van der Waals surface area contributed by atoms with E-state index in [1.165, 1.54) is 5.56 Å². The predicted molar refractivity (Wildman–Crippen MR) is 104 cm³/mol. The molecule has 1 atom stereocenters. The number of aromatic nitrogens is 1. The maximum atomic E-state index is 12.7. The molecule has 4 rings (SSSR count). The minimum Gasteiger partial charge on any atom is -0.351 e. The van der Waals surface area contributed by atoms with Crippen LogP contribution >= 0.6 is 0 Å². The standard InChI is InChI=1S/C22H29N3O2/c1-17-9-12-25(13-10-17)22(26)21-14-20(23-27-21)19-8-5-11-24(16-19)15-18-6-3-2-4-7-18/h2-4,6-7,14,17,19H,5,8-13,15-16H2,1H3/t19-/m1/s1. The topological polar surface area (TPSA) is 49.6 Å². The molecule has 1 aromatic carbocycles. The third-order valence-corrected chi connectivity index (χ3v) is 5.98. The quantitative estimate of drug-likeness (QED) is 0.822. The Morgan fingerprint density at radius 3 is 2.70 bits per heavy atom. The van der Waals surface area contributed by atoms with E-state index in [0.29, 0.717) is 17.6 Å². The molecule has 2 aliphatic rings. The van der Waals surface area contributed by atoms with Crippen LogP contribution in [0.15, 0.2) is 40.9 Å². The molecular weight excluding hydrogens is 338 g/mol. The van der Waals surface area contributed by atoms with Crippen LogP contribution < -0.4 is 0 Å². The first kappa shape index (κ1) is 18.2. The molecule has 144 valence electrons. The number of piperidine rings is 2. The molecule has 5 nitrogen and oxygen atoms in total. The van der Waals surface area contributed by atoms with Crippen molar-refractivity contribution in [3.8, 4) is 0 Å². The maximum Gasteiger partial charge on any atom is 0.292 e. The van der Waals surface area contributed by atoms with Gasteiger partial charge in [0.15, 0.2) is 0 Å². The van der Waals surface area contributed by atoms with E-state index in [0.717, 1.165) is 64.1 Å². The Bertz CT molecular complexity index is 750. The molecule has 0 unspecified atom stereocenters. The third kappa shape index (κ3) is 4.41. The Labute approximate surface area is 161 Å². The fraction of sp³-hybridized carbons (Fsp3) is 0.545. The maximum absolute atomic E-state index is 12.7. The van der Waals surface area contributed by atoms with Gasteiger partial charge in [0.2, 0.25) is 5.76 Å². The van der Waals surface area contributed by atoms with E-state index in [9.17, 15) is 4.79 Å². The number of amides is 1. The first-order valence-electron chi connectivity index (χ1n) is 10.2. The van der Waals surface area contributed by atoms with Crippen LogP contribution in [0.5, 0.6) is 0 Å². The van der Waals surface area contributed by atoms with Crippen molar-refractivity contribution in [2.75, 3.05) is 26.2 Å². The summed E-state index contributed by atoms with van der Waals surface area (Å²) in [5, 5.41) is 4.26. The monoisotopic (exact) mass is 367 g/mol. The van der Waals surface area contributed by atoms with Crippen LogP contribution in [-0.2, 0) is 6.54 Å². The molecule has 0 aliphatic carbocycles. The third-order valence-electron chi connectivity index (χ3n) is 5.98. The molecule has 3 heterocycles. The first-order valence-corrected chi connectivity index (χ1v) is 10.2. The SMILES string of the molecule is CC1CCN(C(=O)c2cc([C@@H]3CCCN(Cc4ccccc4)C3)no2)CC1. The zero-order valence-electron chi connectivity index (χ0n) is 16.1. The van der Waals surface area contributed by atoms with Crippen LogP contribution in [-0.4, -0.2) is 47.0 Å². The van der Waals surface area contributed by atoms with Crippen molar-refractivity contribution in [1.82, 2.24) is 15.0 Å². The van der Waals surface area contributed by atoms with Gasteiger partial charge in [-0.15, -0.1) is 0 Å². The highest BCUT2D eigenvalue weighted by molar-refractivity contribution is 5.91. The molecule has 0 N–H and O–H groups in total. The van der Waals surface area contributed by atoms with E-state index in [1.54, 1.807) is 0 Å². The summed E-state index contributed by atoms with van der Waals surface area (Å²) in [5.41, 5.74) is 2.27. The van der Waals surface area contributed by atoms with Gasteiger partial charge < -0.3 is 9.42 Å². The van der Waals surface area contributed by atoms with E-state index in [2.05, 4.69) is 47.3 Å². The lowest BCUT2D eigenvalue weighted by Gasteiger charge is -2.31. The van der Waals surface area contributed by atoms with Crippen molar-refractivity contribution in [3.05, 3.63) is 53.4 Å². The van der Waals surface area contributed by atoms with E-state index < -0.39 is 0 Å². The van der Waals surface area contributed by atoms with E-state index in [-0.39, 0.29) is 5.91 Å². The zero-order chi connectivity index (χ0) is 18.6. The zero-order valence-corrected chi connectivity index (χ0v) is 16.1. The molecule has 0 saturated carbocycles. The number of rotatable bonds is 4. The van der Waals surface area contributed by atoms with Crippen LogP contribution in [0, 0.1) is 5.92 Å². The number of nitrogens with zero attached hydrogens (tertiary/aromatic N) is 3. The second-order valence-corrected chi connectivity index (χ2v) is 8.15. The number of benzene rings is 1. The molecule has 1 aromatic heterocycles. The lowest BCUT2D eigenvalue weighted by molar-refractivity contribution is 0.0655. The van der Waals surface area contributed by atoms with Crippen molar-refractivity contribution in [3.63, 3.8) is 0 Å². The molecule has 0 spiro atoms. The highest BCUT2D eigenvalue weighted by atomic mass is 16.5. The molecule has 1 amide bonds. The Balaban J connectivity index is 1.38. The summed E-state index contributed by atoms with van der Waals surface area (Å²) in [6.07, 6.45) is 4.40. The first-order chi connectivity index (χ1) is 13.2. The van der Waals surface area contributed by atoms with E-state index >= 15 is 0 Å². The Morgan fingerprint density at radius 2 is 1.93 bits per heavy atom. The largest absolute Gasteiger partial charge is 0.351 e. The Morgan fingerprint density at radius 1 is 1.15 bits per heavy atom. The number of hydrogen-bond acceptors (Lipinski definition) is 4. The predicted octanol–water partition coefficient (Wildman–Crippen LogP) is 3.93. The van der Waals surface area contributed by atoms with Crippen molar-refractivity contribution in [2.24, 2.45) is 5.92 Å². The van der Waals surface area contributed by atoms with Gasteiger partial charge in [0.05, 0.1) is 5.69 Å². The van der Waals surface area contributed by atoms with Gasteiger partial charge in [-0.25, -0.2) is 0 Å². The van der Waals surface area contributed by atoms with Crippen molar-refractivity contribution >= 4 is 5.91 Å². The number of carbonyl (C=O) groups is 1. The smallest absolute Gasteiger partial charge is 0.292 e. The molecule has 27 heavy (non-hydrogen) atoms. The summed E-state index contributed by atoms with van der Waals surface area (Å²) in [6, 6.07) is 12.5. The van der Waals surface area contributed by atoms with Gasteiger partial charge in [0.25, 0.3) is 5.91 Å². The lowest BCUT2D eigenvalue weighted by Crippen LogP contribution is -2.37. The lowest BCUT2D eigenvalue weighted by atomic mass is 9.94. The van der Waals surface area contributed by atoms with Crippen LogP contribution in [0.2, 0.25) is 0 Å². The number of carbonyl (C=O) groups excluding carboxylic acids is 1. The van der Waals surface area contributed by atoms with Gasteiger partial charge in [-0.2, -0.15) is 0 Å². The van der Waals surface area contributed by atoms with Crippen molar-refractivity contribution in [1.29, 1.82) is 0 Å². The average molecular weight is 367 g/mol. The van der Waals surface area contributed by atoms with Gasteiger partial charge in [-0.3, -0.25) is 9.69 Å². The second kappa shape index (κ2) is 8.26. The van der Waals surface area contributed by atoms with Crippen LogP contribution in [0.4, 0.5) is 0 Å². The van der Waals surface area contributed by atoms with Crippen LogP contribution in [0.25, 0.3) is 0 Å². The van der Waals surface area contributed by atoms with Crippen LogP contribution in [0.1, 0.15) is 60.3 Å². The summed E-state index contributed by atoms with van der Waals surface area (Å²) >= 11 is 0. The fourth-order valence-electron chi connectivity index (χ4n) is 4.23. The van der Waals surface area contributed by atoms with E-state index in [4.69, 9.17) is 4.52 Å². The highest BCUT2D eigenvalue weighted by Crippen LogP contribution is 2.28. The Kier molecular flexibility index (Phi) is 5.58. The van der Waals surface area contributed by atoms with Crippen LogP contribution in [0.3, 0.4) is 0 Å². The normalized spacial score (nSPS) is 22.1. The second-order valence-electron chi connectivity index (χ2n) is 8.15. The molecule has 5 heteroatoms. The molecule has 0 bridgehead atoms. The van der Waals surface area contributed by atoms with Gasteiger partial charge in [-0.05, 0) is 43.7 Å². The fourth-order valence-corrected chi connectivity index (χ4v) is 4.23. The molecule has 2 aliphatic heterocycles. The summed E-state index contributed by atoms with van der Waals surface area (Å²) in [6.45, 7) is 6.94. The minimum atomic E-state index is -0.00222. The molecule has 0 radical (unpaired) electrons. The number of hydrogen-bond donors (Lipinski definition) is 0. The van der Waals surface area contributed by atoms with Gasteiger partial charge in [-0.1, -0.05) is 42.4 Å². The van der Waals surface area contributed by atoms with Gasteiger partial charge >= 0.3 is 0 Å². The molecule has 2 aromatic rings. The average Bonchev–Trinajstić information content (AvgIpc) is 3.19. The summed E-state index contributed by atoms with van der Waals surface area (Å²) in [4.78, 5) is 17.1. The highest BCUT2D eigenvalue weighted by Gasteiger charge is 2.28. The van der Waals surface area contributed by atoms with Crippen molar-refractivity contribution in [2.45, 2.75) is 45.1 Å². The summed E-state index contributed by atoms with van der Waals surface area (Å²) in [5.74, 6) is 1.45. The minimum absolute atomic E-state index is 0.00222. The molecule has 2 fully saturated rings. The molecule has 2 saturated heterocycles. The molecular formula is C22H29N3O2.